The van der Waals surface area contributed by atoms with Gasteiger partial charge in [-0.15, -0.1) is 0 Å². The molecule has 0 radical (unpaired) electrons. The monoisotopic (exact) mass is 346 g/mol. The van der Waals surface area contributed by atoms with Crippen LogP contribution in [0.3, 0.4) is 0 Å². The van der Waals surface area contributed by atoms with Crippen molar-refractivity contribution in [2.24, 2.45) is 0 Å². The maximum Gasteiger partial charge on any atom is 0.343 e. The Kier molecular flexibility index (Phi) is 6.38. The van der Waals surface area contributed by atoms with Crippen molar-refractivity contribution in [3.05, 3.63) is 64.2 Å². The average Bonchev–Trinajstić information content (AvgIpc) is 2.56. The van der Waals surface area contributed by atoms with Gasteiger partial charge in [0.2, 0.25) is 0 Å². The van der Waals surface area contributed by atoms with Crippen LogP contribution >= 0.6 is 11.6 Å². The van der Waals surface area contributed by atoms with E-state index in [1.54, 1.807) is 12.1 Å². The molecule has 0 saturated heterocycles. The Morgan fingerprint density at radius 1 is 1.08 bits per heavy atom. The fraction of sp³-hybridized carbons (Fsp3) is 0.263. The molecule has 0 aliphatic heterocycles. The highest BCUT2D eigenvalue weighted by atomic mass is 35.5. The van der Waals surface area contributed by atoms with E-state index in [2.05, 4.69) is 6.92 Å². The third kappa shape index (κ3) is 4.83. The summed E-state index contributed by atoms with van der Waals surface area (Å²) in [6.07, 6.45) is 4.53. The molecule has 2 aromatic carbocycles. The van der Waals surface area contributed by atoms with Crippen LogP contribution in [0.15, 0.2) is 42.5 Å². The minimum atomic E-state index is -1.14. The molecule has 0 fully saturated rings. The SMILES string of the molecule is CCCCCc1ccc(OC(=O)c2ccc(C(=O)O)c(Cl)c2)cc1. The number of hydrogen-bond acceptors (Lipinski definition) is 3. The lowest BCUT2D eigenvalue weighted by molar-refractivity contribution is 0.0692. The number of ether oxygens (including phenoxy) is 1. The number of rotatable bonds is 7. The molecular formula is C19H19ClO4. The van der Waals surface area contributed by atoms with Crippen molar-refractivity contribution in [1.29, 1.82) is 0 Å². The number of benzene rings is 2. The lowest BCUT2D eigenvalue weighted by Gasteiger charge is -2.07. The number of aromatic carboxylic acids is 1. The van der Waals surface area contributed by atoms with Crippen LogP contribution < -0.4 is 4.74 Å². The molecule has 0 saturated carbocycles. The van der Waals surface area contributed by atoms with E-state index in [1.807, 2.05) is 12.1 Å². The second kappa shape index (κ2) is 8.50. The van der Waals surface area contributed by atoms with Crippen LogP contribution in [0.25, 0.3) is 0 Å². The van der Waals surface area contributed by atoms with E-state index in [-0.39, 0.29) is 16.1 Å². The number of carboxylic acids is 1. The summed E-state index contributed by atoms with van der Waals surface area (Å²) in [5, 5.41) is 8.94. The number of halogens is 1. The zero-order chi connectivity index (χ0) is 17.5. The van der Waals surface area contributed by atoms with Gasteiger partial charge in [0, 0.05) is 0 Å². The van der Waals surface area contributed by atoms with E-state index < -0.39 is 11.9 Å². The van der Waals surface area contributed by atoms with Crippen LogP contribution in [0.1, 0.15) is 52.5 Å². The van der Waals surface area contributed by atoms with E-state index in [0.29, 0.717) is 5.75 Å². The Hall–Kier alpha value is -2.33. The molecule has 0 aromatic heterocycles. The normalized spacial score (nSPS) is 10.4. The van der Waals surface area contributed by atoms with Crippen molar-refractivity contribution in [2.45, 2.75) is 32.6 Å². The van der Waals surface area contributed by atoms with Crippen molar-refractivity contribution in [2.75, 3.05) is 0 Å². The molecule has 0 spiro atoms. The first kappa shape index (κ1) is 18.0. The highest BCUT2D eigenvalue weighted by Gasteiger charge is 2.14. The second-order valence-corrected chi connectivity index (χ2v) is 5.90. The number of hydrogen-bond donors (Lipinski definition) is 1. The predicted molar refractivity (Wildman–Crippen MR) is 93.0 cm³/mol. The number of unbranched alkanes of at least 4 members (excludes halogenated alkanes) is 2. The van der Waals surface area contributed by atoms with Gasteiger partial charge in [-0.1, -0.05) is 43.5 Å². The van der Waals surface area contributed by atoms with Gasteiger partial charge in [0.1, 0.15) is 5.75 Å². The van der Waals surface area contributed by atoms with E-state index >= 15 is 0 Å². The molecule has 0 amide bonds. The number of esters is 1. The molecule has 1 N–H and O–H groups in total. The maximum absolute atomic E-state index is 12.1. The van der Waals surface area contributed by atoms with Crippen LogP contribution in [0.5, 0.6) is 5.75 Å². The number of carbonyl (C=O) groups excluding carboxylic acids is 1. The minimum Gasteiger partial charge on any atom is -0.478 e. The average molecular weight is 347 g/mol. The summed E-state index contributed by atoms with van der Waals surface area (Å²) >= 11 is 5.86. The fourth-order valence-corrected chi connectivity index (χ4v) is 2.55. The molecule has 0 aliphatic rings. The molecule has 24 heavy (non-hydrogen) atoms. The molecule has 2 aromatic rings. The highest BCUT2D eigenvalue weighted by Crippen LogP contribution is 2.20. The van der Waals surface area contributed by atoms with Gasteiger partial charge >= 0.3 is 11.9 Å². The van der Waals surface area contributed by atoms with Crippen LogP contribution in [-0.2, 0) is 6.42 Å². The second-order valence-electron chi connectivity index (χ2n) is 5.49. The van der Waals surface area contributed by atoms with Crippen molar-refractivity contribution >= 4 is 23.5 Å². The Bertz CT molecular complexity index is 723. The van der Waals surface area contributed by atoms with Crippen molar-refractivity contribution in [3.63, 3.8) is 0 Å². The van der Waals surface area contributed by atoms with Crippen molar-refractivity contribution < 1.29 is 19.4 Å². The van der Waals surface area contributed by atoms with Gasteiger partial charge in [0.25, 0.3) is 0 Å². The fourth-order valence-electron chi connectivity index (χ4n) is 2.28. The van der Waals surface area contributed by atoms with E-state index in [4.69, 9.17) is 21.4 Å². The summed E-state index contributed by atoms with van der Waals surface area (Å²) in [5.74, 6) is -1.27. The zero-order valence-electron chi connectivity index (χ0n) is 13.4. The van der Waals surface area contributed by atoms with Crippen LogP contribution in [0.4, 0.5) is 0 Å². The number of carboxylic acid groups (broad SMARTS) is 1. The van der Waals surface area contributed by atoms with Gasteiger partial charge in [-0.2, -0.15) is 0 Å². The number of aryl methyl sites for hydroxylation is 1. The standard InChI is InChI=1S/C19H19ClO4/c1-2-3-4-5-13-6-9-15(10-7-13)24-19(23)14-8-11-16(18(21)22)17(20)12-14/h6-12H,2-5H2,1H3,(H,21,22). The van der Waals surface area contributed by atoms with Crippen LogP contribution in [0, 0.1) is 0 Å². The highest BCUT2D eigenvalue weighted by molar-refractivity contribution is 6.33. The third-order valence-electron chi connectivity index (χ3n) is 3.64. The van der Waals surface area contributed by atoms with Crippen LogP contribution in [-0.4, -0.2) is 17.0 Å². The lowest BCUT2D eigenvalue weighted by Crippen LogP contribution is -2.09. The van der Waals surface area contributed by atoms with E-state index in [0.717, 1.165) is 12.8 Å². The van der Waals surface area contributed by atoms with Gasteiger partial charge in [-0.3, -0.25) is 0 Å². The van der Waals surface area contributed by atoms with Gasteiger partial charge in [0.05, 0.1) is 16.1 Å². The largest absolute Gasteiger partial charge is 0.478 e. The van der Waals surface area contributed by atoms with E-state index in [9.17, 15) is 9.59 Å². The summed E-state index contributed by atoms with van der Waals surface area (Å²) in [7, 11) is 0. The molecule has 0 aliphatic carbocycles. The lowest BCUT2D eigenvalue weighted by atomic mass is 10.1. The summed E-state index contributed by atoms with van der Waals surface area (Å²) < 4.78 is 5.29. The van der Waals surface area contributed by atoms with Crippen LogP contribution in [0.2, 0.25) is 5.02 Å². The first-order valence-electron chi connectivity index (χ1n) is 7.85. The number of carbonyl (C=O) groups is 2. The molecule has 5 heteroatoms. The van der Waals surface area contributed by atoms with Gasteiger partial charge in [0.15, 0.2) is 0 Å². The maximum atomic E-state index is 12.1. The smallest absolute Gasteiger partial charge is 0.343 e. The Labute approximate surface area is 146 Å². The van der Waals surface area contributed by atoms with Gasteiger partial charge in [-0.25, -0.2) is 9.59 Å². The van der Waals surface area contributed by atoms with Crippen molar-refractivity contribution in [3.8, 4) is 5.75 Å². The quantitative estimate of drug-likeness (QED) is 0.436. The molecule has 2 rings (SSSR count). The molecular weight excluding hydrogens is 328 g/mol. The first-order valence-corrected chi connectivity index (χ1v) is 8.23. The topological polar surface area (TPSA) is 63.6 Å². The molecule has 126 valence electrons. The van der Waals surface area contributed by atoms with E-state index in [1.165, 1.54) is 36.6 Å². The molecule has 0 atom stereocenters. The molecule has 0 heterocycles. The molecule has 0 unspecified atom stereocenters. The summed E-state index contributed by atoms with van der Waals surface area (Å²) in [6, 6.07) is 11.4. The molecule has 4 nitrogen and oxygen atoms in total. The Morgan fingerprint density at radius 2 is 1.79 bits per heavy atom. The summed E-state index contributed by atoms with van der Waals surface area (Å²) in [5.41, 5.74) is 1.36. The Balaban J connectivity index is 2.01. The molecule has 0 bridgehead atoms. The zero-order valence-corrected chi connectivity index (χ0v) is 14.2. The van der Waals surface area contributed by atoms with Gasteiger partial charge < -0.3 is 9.84 Å². The van der Waals surface area contributed by atoms with Crippen molar-refractivity contribution in [1.82, 2.24) is 0 Å². The first-order chi connectivity index (χ1) is 11.5. The van der Waals surface area contributed by atoms with Gasteiger partial charge in [-0.05, 0) is 48.7 Å². The third-order valence-corrected chi connectivity index (χ3v) is 3.95. The minimum absolute atomic E-state index is 0.00298. The Morgan fingerprint density at radius 3 is 2.38 bits per heavy atom. The summed E-state index contributed by atoms with van der Waals surface area (Å²) in [6.45, 7) is 2.16. The predicted octanol–water partition coefficient (Wildman–Crippen LogP) is 4.99. The summed E-state index contributed by atoms with van der Waals surface area (Å²) in [4.78, 5) is 23.0.